The molecule has 0 saturated heterocycles. The molecule has 4 aromatic heterocycles. The number of aromatic nitrogens is 5. The van der Waals surface area contributed by atoms with E-state index in [2.05, 4.69) is 164 Å². The monoisotopic (exact) mass is 779 g/mol. The number of rotatable bonds is 7. The molecule has 0 aliphatic heterocycles. The van der Waals surface area contributed by atoms with E-state index in [1.807, 2.05) is 54.7 Å². The Bertz CT molecular complexity index is 3410. The molecule has 11 aromatic rings. The first kappa shape index (κ1) is 36.0. The van der Waals surface area contributed by atoms with Crippen LogP contribution in [0.15, 0.2) is 206 Å². The van der Waals surface area contributed by atoms with Crippen LogP contribution < -0.4 is 0 Å². The van der Waals surface area contributed by atoms with E-state index in [4.69, 9.17) is 19.9 Å². The summed E-state index contributed by atoms with van der Waals surface area (Å²) >= 11 is 0. The van der Waals surface area contributed by atoms with E-state index in [1.165, 1.54) is 0 Å². The van der Waals surface area contributed by atoms with Gasteiger partial charge in [-0.25, -0.2) is 15.0 Å². The third kappa shape index (κ3) is 6.88. The maximum Gasteiger partial charge on any atom is 0.160 e. The normalized spacial score (nSPS) is 11.4. The molecule has 0 N–H and O–H groups in total. The van der Waals surface area contributed by atoms with Crippen LogP contribution in [0.4, 0.5) is 0 Å². The molecule has 286 valence electrons. The fourth-order valence-electron chi connectivity index (χ4n) is 8.37. The first-order chi connectivity index (χ1) is 30.1. The van der Waals surface area contributed by atoms with Gasteiger partial charge in [0, 0.05) is 50.3 Å². The van der Waals surface area contributed by atoms with E-state index in [9.17, 15) is 0 Å². The summed E-state index contributed by atoms with van der Waals surface area (Å²) in [4.78, 5) is 25.1. The lowest BCUT2D eigenvalue weighted by Gasteiger charge is -2.13. The van der Waals surface area contributed by atoms with Crippen LogP contribution in [0.3, 0.4) is 0 Å². The number of pyridine rings is 3. The van der Waals surface area contributed by atoms with Gasteiger partial charge in [0.1, 0.15) is 0 Å². The minimum Gasteiger partial charge on any atom is -0.256 e. The number of benzene rings is 7. The molecule has 5 nitrogen and oxygen atoms in total. The number of aryl methyl sites for hydroxylation is 1. The summed E-state index contributed by atoms with van der Waals surface area (Å²) in [6.45, 7) is 2.06. The smallest absolute Gasteiger partial charge is 0.160 e. The van der Waals surface area contributed by atoms with Crippen LogP contribution in [0, 0.1) is 6.92 Å². The van der Waals surface area contributed by atoms with Crippen LogP contribution in [-0.2, 0) is 0 Å². The molecule has 0 saturated carbocycles. The lowest BCUT2D eigenvalue weighted by Crippen LogP contribution is -1.96. The van der Waals surface area contributed by atoms with Gasteiger partial charge < -0.3 is 0 Å². The second-order valence-corrected chi connectivity index (χ2v) is 15.3. The largest absolute Gasteiger partial charge is 0.256 e. The van der Waals surface area contributed by atoms with E-state index < -0.39 is 0 Å². The first-order valence-electron chi connectivity index (χ1n) is 20.5. The van der Waals surface area contributed by atoms with Crippen molar-refractivity contribution >= 4 is 32.7 Å². The van der Waals surface area contributed by atoms with Crippen LogP contribution >= 0.6 is 0 Å². The predicted octanol–water partition coefficient (Wildman–Crippen LogP) is 14.1. The maximum absolute atomic E-state index is 5.20. The minimum absolute atomic E-state index is 0.674. The van der Waals surface area contributed by atoms with Crippen molar-refractivity contribution in [1.82, 2.24) is 24.9 Å². The van der Waals surface area contributed by atoms with Crippen LogP contribution in [0.25, 0.3) is 111 Å². The summed E-state index contributed by atoms with van der Waals surface area (Å²) in [6, 6.07) is 69.8. The molecule has 0 radical (unpaired) electrons. The van der Waals surface area contributed by atoms with Crippen molar-refractivity contribution in [3.8, 4) is 78.5 Å². The second kappa shape index (κ2) is 15.2. The fraction of sp³-hybridized carbons (Fsp3) is 0.0179. The van der Waals surface area contributed by atoms with Gasteiger partial charge in [-0.2, -0.15) is 0 Å². The average molecular weight is 780 g/mol. The zero-order valence-corrected chi connectivity index (χ0v) is 33.4. The molecular weight excluding hydrogens is 743 g/mol. The zero-order valence-electron chi connectivity index (χ0n) is 33.4. The number of nitrogens with zero attached hydrogens (tertiary/aromatic N) is 5. The van der Waals surface area contributed by atoms with Gasteiger partial charge in [-0.05, 0) is 82.8 Å². The average Bonchev–Trinajstić information content (AvgIpc) is 3.34. The molecule has 0 unspecified atom stereocenters. The summed E-state index contributed by atoms with van der Waals surface area (Å²) in [5, 5.41) is 3.26. The molecule has 7 aromatic carbocycles. The Hall–Kier alpha value is -8.15. The Balaban J connectivity index is 0.957. The highest BCUT2D eigenvalue weighted by Crippen LogP contribution is 2.37. The van der Waals surface area contributed by atoms with Gasteiger partial charge >= 0.3 is 0 Å². The molecule has 0 fully saturated rings. The van der Waals surface area contributed by atoms with Crippen molar-refractivity contribution < 1.29 is 0 Å². The standard InChI is InChI=1S/C56H37N5/c1-36-32-49(48-29-27-41-28-30-50(38-12-4-2-5-13-38)59-54(41)55(48)58-36)44-18-8-16-42(33-44)37-23-25-40(26-24-37)53-35-52(39-14-6-3-7-15-39)60-56(61-53)45-19-9-17-43(34-45)46-20-10-22-51-47(46)21-11-31-57-51/h2-35H,1H3. The van der Waals surface area contributed by atoms with Gasteiger partial charge in [0.25, 0.3) is 0 Å². The van der Waals surface area contributed by atoms with Crippen molar-refractivity contribution in [2.75, 3.05) is 0 Å². The van der Waals surface area contributed by atoms with E-state index in [0.717, 1.165) is 111 Å². The van der Waals surface area contributed by atoms with Crippen LogP contribution in [-0.4, -0.2) is 24.9 Å². The van der Waals surface area contributed by atoms with Crippen LogP contribution in [0.5, 0.6) is 0 Å². The minimum atomic E-state index is 0.674. The number of fused-ring (bicyclic) bond motifs is 4. The van der Waals surface area contributed by atoms with Crippen LogP contribution in [0.1, 0.15) is 5.69 Å². The summed E-state index contributed by atoms with van der Waals surface area (Å²) < 4.78 is 0. The summed E-state index contributed by atoms with van der Waals surface area (Å²) in [6.07, 6.45) is 1.84. The highest BCUT2D eigenvalue weighted by atomic mass is 14.9. The Morgan fingerprint density at radius 1 is 0.328 bits per heavy atom. The van der Waals surface area contributed by atoms with Gasteiger partial charge in [-0.1, -0.05) is 158 Å². The van der Waals surface area contributed by atoms with E-state index in [-0.39, 0.29) is 0 Å². The summed E-state index contributed by atoms with van der Waals surface area (Å²) in [5.41, 5.74) is 17.2. The summed E-state index contributed by atoms with van der Waals surface area (Å²) in [7, 11) is 0. The van der Waals surface area contributed by atoms with E-state index in [0.29, 0.717) is 5.82 Å². The van der Waals surface area contributed by atoms with Crippen molar-refractivity contribution in [3.63, 3.8) is 0 Å². The molecule has 61 heavy (non-hydrogen) atoms. The predicted molar refractivity (Wildman–Crippen MR) is 251 cm³/mol. The van der Waals surface area contributed by atoms with Crippen molar-refractivity contribution in [2.24, 2.45) is 0 Å². The zero-order chi connectivity index (χ0) is 40.7. The molecule has 11 rings (SSSR count). The maximum atomic E-state index is 5.20. The third-order valence-corrected chi connectivity index (χ3v) is 11.4. The molecule has 0 spiro atoms. The second-order valence-electron chi connectivity index (χ2n) is 15.3. The summed E-state index contributed by atoms with van der Waals surface area (Å²) in [5.74, 6) is 0.674. The molecule has 0 aliphatic carbocycles. The molecule has 0 bridgehead atoms. The number of hydrogen-bond acceptors (Lipinski definition) is 5. The molecule has 0 amide bonds. The molecule has 0 atom stereocenters. The van der Waals surface area contributed by atoms with Gasteiger partial charge in [0.15, 0.2) is 5.82 Å². The van der Waals surface area contributed by atoms with Crippen molar-refractivity contribution in [2.45, 2.75) is 6.92 Å². The highest BCUT2D eigenvalue weighted by Gasteiger charge is 2.15. The van der Waals surface area contributed by atoms with Gasteiger partial charge in [-0.15, -0.1) is 0 Å². The molecule has 5 heteroatoms. The Morgan fingerprint density at radius 2 is 0.934 bits per heavy atom. The Labute approximate surface area is 353 Å². The molecular formula is C56H37N5. The molecule has 4 heterocycles. The Kier molecular flexibility index (Phi) is 8.98. The first-order valence-corrected chi connectivity index (χ1v) is 20.5. The SMILES string of the molecule is Cc1cc(-c2cccc(-c3ccc(-c4cc(-c5ccccc5)nc(-c5cccc(-c6cccc7ncccc67)c5)n4)cc3)c2)c2ccc3ccc(-c4ccccc4)nc3c2n1. The topological polar surface area (TPSA) is 64.5 Å². The molecule has 0 aliphatic rings. The quantitative estimate of drug-likeness (QED) is 0.151. The van der Waals surface area contributed by atoms with E-state index >= 15 is 0 Å². The van der Waals surface area contributed by atoms with E-state index in [1.54, 1.807) is 0 Å². The highest BCUT2D eigenvalue weighted by molar-refractivity contribution is 6.09. The number of hydrogen-bond donors (Lipinski definition) is 0. The lowest BCUT2D eigenvalue weighted by molar-refractivity contribution is 1.18. The Morgan fingerprint density at radius 3 is 1.70 bits per heavy atom. The lowest BCUT2D eigenvalue weighted by atomic mass is 9.95. The van der Waals surface area contributed by atoms with Crippen molar-refractivity contribution in [3.05, 3.63) is 212 Å². The van der Waals surface area contributed by atoms with Crippen LogP contribution in [0.2, 0.25) is 0 Å². The van der Waals surface area contributed by atoms with Gasteiger partial charge in [-0.3, -0.25) is 9.97 Å². The third-order valence-electron chi connectivity index (χ3n) is 11.4. The van der Waals surface area contributed by atoms with Crippen molar-refractivity contribution in [1.29, 1.82) is 0 Å². The van der Waals surface area contributed by atoms with Gasteiger partial charge in [0.2, 0.25) is 0 Å². The fourth-order valence-corrected chi connectivity index (χ4v) is 8.37. The van der Waals surface area contributed by atoms with Gasteiger partial charge in [0.05, 0.1) is 33.6 Å².